The molecule has 1 aliphatic heterocycles. The van der Waals surface area contributed by atoms with Crippen molar-refractivity contribution in [3.05, 3.63) is 75.3 Å². The summed E-state index contributed by atoms with van der Waals surface area (Å²) in [7, 11) is 0. The van der Waals surface area contributed by atoms with E-state index in [0.717, 1.165) is 43.5 Å². The van der Waals surface area contributed by atoms with Crippen LogP contribution in [0.2, 0.25) is 10.0 Å². The molecule has 9 heteroatoms. The third kappa shape index (κ3) is 4.31. The molecule has 6 rings (SSSR count). The van der Waals surface area contributed by atoms with E-state index in [-0.39, 0.29) is 23.8 Å². The predicted octanol–water partition coefficient (Wildman–Crippen LogP) is 6.86. The molecule has 2 aliphatic carbocycles. The van der Waals surface area contributed by atoms with Crippen LogP contribution in [0.1, 0.15) is 66.6 Å². The van der Waals surface area contributed by atoms with Crippen molar-refractivity contribution >= 4 is 34.9 Å². The first-order valence-electron chi connectivity index (χ1n) is 12.8. The Kier molecular flexibility index (Phi) is 6.42. The number of para-hydroxylation sites is 1. The molecule has 1 N–H and O–H groups in total. The molecule has 3 aliphatic rings. The lowest BCUT2D eigenvalue weighted by Crippen LogP contribution is -2.46. The molecule has 2 aromatic carbocycles. The lowest BCUT2D eigenvalue weighted by Gasteiger charge is -2.40. The number of benzene rings is 2. The summed E-state index contributed by atoms with van der Waals surface area (Å²) in [5.74, 6) is -1.15. The SMILES string of the molecule is CC[C@@H]1[C@@H]2C[C@@H](C[C@H]2OCc2c(C3CC3)cnn2-c2c(Cl)cccc2Cl)N1c1ccc(C(=O)O)c(F)c1. The van der Waals surface area contributed by atoms with E-state index in [1.807, 2.05) is 29.1 Å². The van der Waals surface area contributed by atoms with Crippen LogP contribution >= 0.6 is 23.2 Å². The number of carboxylic acid groups (broad SMARTS) is 1. The van der Waals surface area contributed by atoms with Gasteiger partial charge in [-0.15, -0.1) is 0 Å². The summed E-state index contributed by atoms with van der Waals surface area (Å²) in [6.45, 7) is 2.55. The summed E-state index contributed by atoms with van der Waals surface area (Å²) in [4.78, 5) is 13.5. The van der Waals surface area contributed by atoms with Crippen molar-refractivity contribution in [3.63, 3.8) is 0 Å². The molecule has 4 atom stereocenters. The predicted molar refractivity (Wildman–Crippen MR) is 141 cm³/mol. The minimum Gasteiger partial charge on any atom is -0.478 e. The number of fused-ring (bicyclic) bond motifs is 2. The number of halogens is 3. The number of carbonyl (C=O) groups is 1. The average Bonchev–Trinajstić information content (AvgIpc) is 3.35. The van der Waals surface area contributed by atoms with Gasteiger partial charge in [0.2, 0.25) is 0 Å². The number of aromatic nitrogens is 2. The van der Waals surface area contributed by atoms with E-state index in [0.29, 0.717) is 34.2 Å². The van der Waals surface area contributed by atoms with Gasteiger partial charge >= 0.3 is 5.97 Å². The molecule has 2 bridgehead atoms. The van der Waals surface area contributed by atoms with Gasteiger partial charge in [-0.2, -0.15) is 5.10 Å². The van der Waals surface area contributed by atoms with Crippen molar-refractivity contribution in [2.75, 3.05) is 4.90 Å². The third-order valence-corrected chi connectivity index (χ3v) is 8.78. The molecule has 0 spiro atoms. The lowest BCUT2D eigenvalue weighted by atomic mass is 9.93. The third-order valence-electron chi connectivity index (χ3n) is 8.17. The molecular formula is C28H28Cl2FN3O3. The van der Waals surface area contributed by atoms with Gasteiger partial charge in [-0.25, -0.2) is 13.9 Å². The van der Waals surface area contributed by atoms with Gasteiger partial charge in [0.1, 0.15) is 11.5 Å². The molecule has 0 amide bonds. The average molecular weight is 544 g/mol. The summed E-state index contributed by atoms with van der Waals surface area (Å²) in [6.07, 6.45) is 6.98. The van der Waals surface area contributed by atoms with Crippen LogP contribution in [0.3, 0.4) is 0 Å². The van der Waals surface area contributed by atoms with Crippen LogP contribution in [0, 0.1) is 11.7 Å². The number of nitrogens with zero attached hydrogens (tertiary/aromatic N) is 3. The number of anilines is 1. The van der Waals surface area contributed by atoms with Crippen molar-refractivity contribution in [2.45, 2.75) is 69.7 Å². The van der Waals surface area contributed by atoms with Gasteiger partial charge in [0.15, 0.2) is 0 Å². The smallest absolute Gasteiger partial charge is 0.338 e. The maximum absolute atomic E-state index is 14.5. The molecule has 2 heterocycles. The van der Waals surface area contributed by atoms with E-state index in [2.05, 4.69) is 16.9 Å². The summed E-state index contributed by atoms with van der Waals surface area (Å²) in [5.41, 5.74) is 3.30. The highest BCUT2D eigenvalue weighted by atomic mass is 35.5. The number of aromatic carboxylic acids is 1. The molecule has 3 fully saturated rings. The molecule has 2 saturated carbocycles. The largest absolute Gasteiger partial charge is 0.478 e. The Bertz CT molecular complexity index is 1340. The topological polar surface area (TPSA) is 67.6 Å². The van der Waals surface area contributed by atoms with E-state index in [9.17, 15) is 14.3 Å². The fourth-order valence-electron chi connectivity index (χ4n) is 6.38. The highest BCUT2D eigenvalue weighted by Crippen LogP contribution is 2.48. The molecular weight excluding hydrogens is 516 g/mol. The normalized spacial score (nSPS) is 24.7. The second kappa shape index (κ2) is 9.61. The lowest BCUT2D eigenvalue weighted by molar-refractivity contribution is -0.000568. The molecule has 37 heavy (non-hydrogen) atoms. The van der Waals surface area contributed by atoms with Crippen molar-refractivity contribution < 1.29 is 19.0 Å². The molecule has 1 aromatic heterocycles. The van der Waals surface area contributed by atoms with Crippen LogP contribution in [0.25, 0.3) is 5.69 Å². The van der Waals surface area contributed by atoms with Crippen LogP contribution in [-0.4, -0.2) is 39.0 Å². The zero-order valence-electron chi connectivity index (χ0n) is 20.4. The summed E-state index contributed by atoms with van der Waals surface area (Å²) in [5, 5.41) is 14.9. The molecule has 0 unspecified atom stereocenters. The molecule has 194 valence electrons. The maximum Gasteiger partial charge on any atom is 0.338 e. The van der Waals surface area contributed by atoms with Gasteiger partial charge in [0, 0.05) is 23.7 Å². The van der Waals surface area contributed by atoms with Gasteiger partial charge in [-0.3, -0.25) is 0 Å². The Labute approximate surface area is 224 Å². The van der Waals surface area contributed by atoms with Gasteiger partial charge in [-0.05, 0) is 73.9 Å². The van der Waals surface area contributed by atoms with Crippen molar-refractivity contribution in [3.8, 4) is 5.69 Å². The molecule has 6 nitrogen and oxygen atoms in total. The zero-order valence-corrected chi connectivity index (χ0v) is 21.9. The Balaban J connectivity index is 1.23. The number of ether oxygens (including phenoxy) is 1. The number of hydrogen-bond donors (Lipinski definition) is 1. The summed E-state index contributed by atoms with van der Waals surface area (Å²) < 4.78 is 22.9. The highest BCUT2D eigenvalue weighted by molar-refractivity contribution is 6.37. The molecule has 0 radical (unpaired) electrons. The van der Waals surface area contributed by atoms with E-state index in [1.165, 1.54) is 17.7 Å². The molecule has 3 aromatic rings. The maximum atomic E-state index is 14.5. The zero-order chi connectivity index (χ0) is 25.8. The molecule has 1 saturated heterocycles. The van der Waals surface area contributed by atoms with Crippen LogP contribution in [0.15, 0.2) is 42.6 Å². The minimum atomic E-state index is -1.25. The second-order valence-corrected chi connectivity index (χ2v) is 11.1. The number of hydrogen-bond acceptors (Lipinski definition) is 4. The fourth-order valence-corrected chi connectivity index (χ4v) is 6.94. The van der Waals surface area contributed by atoms with Gasteiger partial charge in [0.25, 0.3) is 0 Å². The van der Waals surface area contributed by atoms with Gasteiger partial charge in [-0.1, -0.05) is 36.2 Å². The van der Waals surface area contributed by atoms with Gasteiger partial charge < -0.3 is 14.7 Å². The summed E-state index contributed by atoms with van der Waals surface area (Å²) >= 11 is 13.0. The van der Waals surface area contributed by atoms with Crippen LogP contribution in [0.4, 0.5) is 10.1 Å². The number of rotatable bonds is 8. The van der Waals surface area contributed by atoms with Gasteiger partial charge in [0.05, 0.1) is 40.2 Å². The fraction of sp³-hybridized carbons (Fsp3) is 0.429. The first kappa shape index (κ1) is 24.7. The number of piperidine rings is 1. The Hall–Kier alpha value is -2.61. The Morgan fingerprint density at radius 2 is 1.95 bits per heavy atom. The summed E-state index contributed by atoms with van der Waals surface area (Å²) in [6, 6.07) is 10.3. The van der Waals surface area contributed by atoms with E-state index < -0.39 is 11.8 Å². The van der Waals surface area contributed by atoms with Crippen LogP contribution in [0.5, 0.6) is 0 Å². The highest BCUT2D eigenvalue weighted by Gasteiger charge is 2.51. The monoisotopic (exact) mass is 543 g/mol. The van der Waals surface area contributed by atoms with Crippen LogP contribution < -0.4 is 4.90 Å². The number of carboxylic acids is 1. The first-order chi connectivity index (χ1) is 17.9. The Morgan fingerprint density at radius 1 is 1.19 bits per heavy atom. The quantitative estimate of drug-likeness (QED) is 0.336. The van der Waals surface area contributed by atoms with E-state index in [1.54, 1.807) is 6.07 Å². The van der Waals surface area contributed by atoms with Crippen molar-refractivity contribution in [2.24, 2.45) is 5.92 Å². The van der Waals surface area contributed by atoms with Crippen LogP contribution in [-0.2, 0) is 11.3 Å². The first-order valence-corrected chi connectivity index (χ1v) is 13.6. The Morgan fingerprint density at radius 3 is 2.59 bits per heavy atom. The standard InChI is InChI=1S/C28H28Cl2FN3O3/c1-2-24-19-10-17(33(24)16-8-9-18(28(35)36)23(31)11-16)12-26(19)37-14-25-20(15-6-7-15)13-32-34(25)27-21(29)4-3-5-22(27)30/h3-5,8-9,11,13,15,17,19,24,26H,2,6-7,10,12,14H2,1H3,(H,35,36)/t17-,19-,24+,26+/m0/s1. The minimum absolute atomic E-state index is 0.0754. The second-order valence-electron chi connectivity index (χ2n) is 10.3. The van der Waals surface area contributed by atoms with E-state index >= 15 is 0 Å². The van der Waals surface area contributed by atoms with E-state index in [4.69, 9.17) is 27.9 Å². The van der Waals surface area contributed by atoms with Crippen molar-refractivity contribution in [1.29, 1.82) is 0 Å². The van der Waals surface area contributed by atoms with Crippen molar-refractivity contribution in [1.82, 2.24) is 9.78 Å².